The van der Waals surface area contributed by atoms with Gasteiger partial charge in [0.2, 0.25) is 0 Å². The van der Waals surface area contributed by atoms with Gasteiger partial charge >= 0.3 is 5.97 Å². The van der Waals surface area contributed by atoms with E-state index in [1.165, 1.54) is 0 Å². The molecule has 0 rings (SSSR count). The summed E-state index contributed by atoms with van der Waals surface area (Å²) in [6.45, 7) is 6.00. The molecule has 0 bridgehead atoms. The van der Waals surface area contributed by atoms with E-state index in [2.05, 4.69) is 6.58 Å². The highest BCUT2D eigenvalue weighted by Gasteiger charge is 2.16. The summed E-state index contributed by atoms with van der Waals surface area (Å²) in [4.78, 5) is 10.8. The summed E-state index contributed by atoms with van der Waals surface area (Å²) >= 11 is 0. The highest BCUT2D eigenvalue weighted by atomic mass is 16.5. The van der Waals surface area contributed by atoms with Crippen LogP contribution in [-0.2, 0) is 9.53 Å². The van der Waals surface area contributed by atoms with Gasteiger partial charge in [0.05, 0.1) is 20.6 Å². The summed E-state index contributed by atoms with van der Waals surface area (Å²) in [5, 5.41) is 8.98. The molecule has 1 atom stereocenters. The lowest BCUT2D eigenvalue weighted by atomic mass is 10.2. The number of rotatable bonds is 6. The van der Waals surface area contributed by atoms with Crippen LogP contribution in [0.3, 0.4) is 0 Å². The molecule has 0 aliphatic carbocycles. The molecule has 0 aromatic heterocycles. The predicted molar refractivity (Wildman–Crippen MR) is 54.4 cm³/mol. The largest absolute Gasteiger partial charge is 0.459 e. The van der Waals surface area contributed by atoms with Crippen LogP contribution in [0.25, 0.3) is 0 Å². The molecule has 0 amide bonds. The number of hydrogen-bond acceptors (Lipinski definition) is 3. The van der Waals surface area contributed by atoms with Gasteiger partial charge in [0.1, 0.15) is 6.10 Å². The molecule has 0 saturated carbocycles. The highest BCUT2D eigenvalue weighted by Crippen LogP contribution is 2.04. The van der Waals surface area contributed by atoms with Crippen molar-refractivity contribution in [3.05, 3.63) is 12.7 Å². The van der Waals surface area contributed by atoms with Crippen LogP contribution in [0, 0.1) is 0 Å². The fourth-order valence-electron chi connectivity index (χ4n) is 0.907. The van der Waals surface area contributed by atoms with Crippen LogP contribution in [0.5, 0.6) is 0 Å². The molecule has 4 nitrogen and oxygen atoms in total. The summed E-state index contributed by atoms with van der Waals surface area (Å²) in [5.74, 6) is -0.396. The third kappa shape index (κ3) is 5.72. The lowest BCUT2D eigenvalue weighted by Crippen LogP contribution is -2.42. The summed E-state index contributed by atoms with van der Waals surface area (Å²) in [6.07, 6.45) is 1.75. The molecule has 0 aliphatic heterocycles. The maximum atomic E-state index is 10.8. The van der Waals surface area contributed by atoms with Crippen molar-refractivity contribution in [2.75, 3.05) is 27.4 Å². The Morgan fingerprint density at radius 1 is 1.64 bits per heavy atom. The van der Waals surface area contributed by atoms with E-state index in [9.17, 15) is 4.79 Å². The van der Waals surface area contributed by atoms with Crippen molar-refractivity contribution in [1.29, 1.82) is 0 Å². The number of aliphatic hydroxyl groups is 1. The van der Waals surface area contributed by atoms with Crippen LogP contribution in [-0.4, -0.2) is 49.0 Å². The maximum Gasteiger partial charge on any atom is 0.330 e. The molecule has 0 radical (unpaired) electrons. The topological polar surface area (TPSA) is 46.5 Å². The second-order valence-electron chi connectivity index (χ2n) is 4.04. The van der Waals surface area contributed by atoms with Crippen LogP contribution in [0.1, 0.15) is 13.3 Å². The molecule has 1 unspecified atom stereocenters. The second kappa shape index (κ2) is 5.78. The Morgan fingerprint density at radius 2 is 2.21 bits per heavy atom. The van der Waals surface area contributed by atoms with E-state index in [1.807, 2.05) is 21.0 Å². The minimum Gasteiger partial charge on any atom is -0.459 e. The minimum absolute atomic E-state index is 0.0854. The van der Waals surface area contributed by atoms with Gasteiger partial charge in [-0.25, -0.2) is 4.79 Å². The molecule has 0 spiro atoms. The highest BCUT2D eigenvalue weighted by molar-refractivity contribution is 5.81. The van der Waals surface area contributed by atoms with Gasteiger partial charge < -0.3 is 14.3 Å². The second-order valence-corrected chi connectivity index (χ2v) is 4.04. The minimum atomic E-state index is -0.396. The molecule has 0 saturated heterocycles. The standard InChI is InChI=1S/C10H20NO3/c1-5-10(13)14-9(2)6-7-11(3,4)8-12/h5,9,12H,1,6-8H2,2-4H3/q+1. The normalized spacial score (nSPS) is 13.4. The number of esters is 1. The van der Waals surface area contributed by atoms with Gasteiger partial charge in [-0.2, -0.15) is 0 Å². The van der Waals surface area contributed by atoms with Crippen LogP contribution in [0.15, 0.2) is 12.7 Å². The number of carbonyl (C=O) groups excluding carboxylic acids is 1. The number of ether oxygens (including phenoxy) is 1. The average Bonchev–Trinajstić information content (AvgIpc) is 2.15. The summed E-state index contributed by atoms with van der Waals surface area (Å²) < 4.78 is 5.50. The third-order valence-electron chi connectivity index (χ3n) is 2.01. The first-order valence-electron chi connectivity index (χ1n) is 4.67. The van der Waals surface area contributed by atoms with E-state index in [-0.39, 0.29) is 12.8 Å². The van der Waals surface area contributed by atoms with Crippen molar-refractivity contribution >= 4 is 5.97 Å². The lowest BCUT2D eigenvalue weighted by molar-refractivity contribution is -0.909. The Bertz CT molecular complexity index is 202. The third-order valence-corrected chi connectivity index (χ3v) is 2.01. The molecule has 82 valence electrons. The van der Waals surface area contributed by atoms with Gasteiger partial charge in [-0.15, -0.1) is 0 Å². The number of hydrogen-bond donors (Lipinski definition) is 1. The van der Waals surface area contributed by atoms with Crippen LogP contribution in [0.4, 0.5) is 0 Å². The first-order chi connectivity index (χ1) is 6.41. The Kier molecular flexibility index (Phi) is 5.42. The molecule has 0 aromatic carbocycles. The number of nitrogens with zero attached hydrogens (tertiary/aromatic N) is 1. The zero-order valence-electron chi connectivity index (χ0n) is 9.19. The van der Waals surface area contributed by atoms with E-state index in [0.717, 1.165) is 19.0 Å². The van der Waals surface area contributed by atoms with Crippen LogP contribution < -0.4 is 0 Å². The van der Waals surface area contributed by atoms with Crippen molar-refractivity contribution < 1.29 is 19.1 Å². The van der Waals surface area contributed by atoms with Gasteiger partial charge in [-0.3, -0.25) is 0 Å². The number of carbonyl (C=O) groups is 1. The molecule has 0 fully saturated rings. The zero-order valence-corrected chi connectivity index (χ0v) is 9.19. The fourth-order valence-corrected chi connectivity index (χ4v) is 0.907. The molecule has 14 heavy (non-hydrogen) atoms. The van der Waals surface area contributed by atoms with Crippen molar-refractivity contribution in [2.45, 2.75) is 19.4 Å². The fraction of sp³-hybridized carbons (Fsp3) is 0.700. The van der Waals surface area contributed by atoms with Crippen molar-refractivity contribution in [3.8, 4) is 0 Å². The van der Waals surface area contributed by atoms with Crippen molar-refractivity contribution in [3.63, 3.8) is 0 Å². The maximum absolute atomic E-state index is 10.8. The van der Waals surface area contributed by atoms with Gasteiger partial charge in [0.15, 0.2) is 6.73 Å². The summed E-state index contributed by atoms with van der Waals surface area (Å²) in [7, 11) is 3.84. The van der Waals surface area contributed by atoms with E-state index in [4.69, 9.17) is 9.84 Å². The summed E-state index contributed by atoms with van der Waals surface area (Å²) in [5.41, 5.74) is 0. The van der Waals surface area contributed by atoms with Crippen molar-refractivity contribution in [1.82, 2.24) is 0 Å². The van der Waals surface area contributed by atoms with Gasteiger partial charge in [0.25, 0.3) is 0 Å². The predicted octanol–water partition coefficient (Wildman–Crippen LogP) is 0.520. The van der Waals surface area contributed by atoms with Gasteiger partial charge in [-0.05, 0) is 6.92 Å². The van der Waals surface area contributed by atoms with Gasteiger partial charge in [0, 0.05) is 12.5 Å². The zero-order chi connectivity index (χ0) is 11.2. The van der Waals surface area contributed by atoms with E-state index in [0.29, 0.717) is 4.48 Å². The molecular weight excluding hydrogens is 182 g/mol. The van der Waals surface area contributed by atoms with Crippen molar-refractivity contribution in [2.24, 2.45) is 0 Å². The molecule has 0 aromatic rings. The smallest absolute Gasteiger partial charge is 0.330 e. The Hall–Kier alpha value is -0.870. The van der Waals surface area contributed by atoms with Crippen LogP contribution >= 0.6 is 0 Å². The first kappa shape index (κ1) is 13.1. The quantitative estimate of drug-likeness (QED) is 0.296. The van der Waals surface area contributed by atoms with E-state index >= 15 is 0 Å². The lowest BCUT2D eigenvalue weighted by Gasteiger charge is -2.27. The van der Waals surface area contributed by atoms with E-state index < -0.39 is 5.97 Å². The van der Waals surface area contributed by atoms with Crippen LogP contribution in [0.2, 0.25) is 0 Å². The molecule has 0 aliphatic rings. The van der Waals surface area contributed by atoms with Gasteiger partial charge in [-0.1, -0.05) is 6.58 Å². The Labute approximate surface area is 85.4 Å². The Balaban J connectivity index is 3.79. The SMILES string of the molecule is C=CC(=O)OC(C)CC[N+](C)(C)CO. The number of aliphatic hydroxyl groups excluding tert-OH is 1. The molecule has 0 heterocycles. The monoisotopic (exact) mass is 202 g/mol. The first-order valence-corrected chi connectivity index (χ1v) is 4.67. The average molecular weight is 202 g/mol. The Morgan fingerprint density at radius 3 is 2.64 bits per heavy atom. The van der Waals surface area contributed by atoms with E-state index in [1.54, 1.807) is 0 Å². The molecular formula is C10H20NO3+. The molecule has 4 heteroatoms. The number of quaternary nitrogens is 1. The summed E-state index contributed by atoms with van der Waals surface area (Å²) in [6, 6.07) is 0. The molecule has 1 N–H and O–H groups in total.